The number of likely N-dealkylation sites (tertiary alicyclic amines) is 1. The maximum Gasteiger partial charge on any atom is 0.202 e. The SMILES string of the molecule is c1ccc([C@@H]2CCN(Cc3cc(-c4ccco4)on3)C2)cc1. The molecule has 1 atom stereocenters. The van der Waals surface area contributed by atoms with Gasteiger partial charge in [0.05, 0.1) is 12.0 Å². The summed E-state index contributed by atoms with van der Waals surface area (Å²) in [6.45, 7) is 3.00. The minimum atomic E-state index is 0.623. The lowest BCUT2D eigenvalue weighted by Gasteiger charge is -2.14. The van der Waals surface area contributed by atoms with E-state index in [2.05, 4.69) is 40.4 Å². The molecule has 1 fully saturated rings. The molecule has 0 aliphatic carbocycles. The van der Waals surface area contributed by atoms with Gasteiger partial charge < -0.3 is 8.94 Å². The van der Waals surface area contributed by atoms with Gasteiger partial charge in [-0.25, -0.2) is 0 Å². The van der Waals surface area contributed by atoms with E-state index in [0.29, 0.717) is 11.7 Å². The molecule has 1 saturated heterocycles. The summed E-state index contributed by atoms with van der Waals surface area (Å²) < 4.78 is 10.7. The first-order valence-corrected chi connectivity index (χ1v) is 7.65. The van der Waals surface area contributed by atoms with Gasteiger partial charge in [-0.2, -0.15) is 0 Å². The van der Waals surface area contributed by atoms with Crippen LogP contribution in [0.4, 0.5) is 0 Å². The number of benzene rings is 1. The second-order valence-electron chi connectivity index (χ2n) is 5.79. The minimum absolute atomic E-state index is 0.623. The lowest BCUT2D eigenvalue weighted by molar-refractivity contribution is 0.310. The zero-order valence-electron chi connectivity index (χ0n) is 12.3. The average molecular weight is 294 g/mol. The Morgan fingerprint density at radius 3 is 2.82 bits per heavy atom. The fraction of sp³-hybridized carbons (Fsp3) is 0.278. The first-order valence-electron chi connectivity index (χ1n) is 7.65. The third kappa shape index (κ3) is 2.70. The molecule has 4 heteroatoms. The van der Waals surface area contributed by atoms with Gasteiger partial charge in [0.25, 0.3) is 0 Å². The van der Waals surface area contributed by atoms with Crippen LogP contribution in [0.1, 0.15) is 23.6 Å². The van der Waals surface area contributed by atoms with Crippen molar-refractivity contribution >= 4 is 0 Å². The molecule has 3 heterocycles. The van der Waals surface area contributed by atoms with Gasteiger partial charge in [-0.1, -0.05) is 35.5 Å². The van der Waals surface area contributed by atoms with E-state index < -0.39 is 0 Å². The van der Waals surface area contributed by atoms with Crippen LogP contribution in [0.2, 0.25) is 0 Å². The number of aromatic nitrogens is 1. The summed E-state index contributed by atoms with van der Waals surface area (Å²) in [5.74, 6) is 2.04. The molecule has 112 valence electrons. The normalized spacial score (nSPS) is 18.8. The summed E-state index contributed by atoms with van der Waals surface area (Å²) in [4.78, 5) is 2.43. The van der Waals surface area contributed by atoms with Crippen LogP contribution in [0.15, 0.2) is 63.7 Å². The number of furan rings is 1. The number of hydrogen-bond donors (Lipinski definition) is 0. The summed E-state index contributed by atoms with van der Waals surface area (Å²) >= 11 is 0. The first kappa shape index (κ1) is 13.3. The fourth-order valence-corrected chi connectivity index (χ4v) is 3.12. The molecule has 0 N–H and O–H groups in total. The highest BCUT2D eigenvalue weighted by Gasteiger charge is 2.24. The molecule has 0 unspecified atom stereocenters. The van der Waals surface area contributed by atoms with E-state index in [9.17, 15) is 0 Å². The summed E-state index contributed by atoms with van der Waals surface area (Å²) in [6, 6.07) is 16.4. The smallest absolute Gasteiger partial charge is 0.202 e. The van der Waals surface area contributed by atoms with E-state index in [4.69, 9.17) is 8.94 Å². The predicted molar refractivity (Wildman–Crippen MR) is 83.3 cm³/mol. The van der Waals surface area contributed by atoms with Crippen molar-refractivity contribution in [3.63, 3.8) is 0 Å². The van der Waals surface area contributed by atoms with E-state index in [-0.39, 0.29) is 0 Å². The summed E-state index contributed by atoms with van der Waals surface area (Å²) in [5.41, 5.74) is 2.39. The molecule has 4 rings (SSSR count). The van der Waals surface area contributed by atoms with Crippen molar-refractivity contribution < 1.29 is 8.94 Å². The molecule has 2 aromatic heterocycles. The van der Waals surface area contributed by atoms with Gasteiger partial charge in [-0.3, -0.25) is 4.90 Å². The van der Waals surface area contributed by atoms with Crippen molar-refractivity contribution in [3.8, 4) is 11.5 Å². The second kappa shape index (κ2) is 5.81. The van der Waals surface area contributed by atoms with Gasteiger partial charge >= 0.3 is 0 Å². The highest BCUT2D eigenvalue weighted by molar-refractivity contribution is 5.49. The lowest BCUT2D eigenvalue weighted by Crippen LogP contribution is -2.19. The Hall–Kier alpha value is -2.33. The van der Waals surface area contributed by atoms with E-state index in [0.717, 1.165) is 31.1 Å². The standard InChI is InChI=1S/C18H18N2O2/c1-2-5-14(6-3-1)15-8-9-20(12-15)13-16-11-18(22-19-16)17-7-4-10-21-17/h1-7,10-11,15H,8-9,12-13H2/t15-/m1/s1. The van der Waals surface area contributed by atoms with Crippen LogP contribution in [-0.4, -0.2) is 23.1 Å². The maximum atomic E-state index is 5.36. The minimum Gasteiger partial charge on any atom is -0.461 e. The van der Waals surface area contributed by atoms with E-state index >= 15 is 0 Å². The Morgan fingerprint density at radius 2 is 2.00 bits per heavy atom. The molecule has 0 amide bonds. The van der Waals surface area contributed by atoms with Crippen LogP contribution in [0, 0.1) is 0 Å². The van der Waals surface area contributed by atoms with Gasteiger partial charge in [0, 0.05) is 19.2 Å². The van der Waals surface area contributed by atoms with Crippen molar-refractivity contribution in [3.05, 3.63) is 66.1 Å². The largest absolute Gasteiger partial charge is 0.461 e. The molecule has 3 aromatic rings. The van der Waals surface area contributed by atoms with Gasteiger partial charge in [-0.05, 0) is 36.6 Å². The molecule has 0 radical (unpaired) electrons. The predicted octanol–water partition coefficient (Wildman–Crippen LogP) is 3.92. The van der Waals surface area contributed by atoms with Crippen LogP contribution in [0.5, 0.6) is 0 Å². The summed E-state index contributed by atoms with van der Waals surface area (Å²) in [6.07, 6.45) is 2.84. The van der Waals surface area contributed by atoms with Crippen LogP contribution >= 0.6 is 0 Å². The zero-order valence-corrected chi connectivity index (χ0v) is 12.3. The molecule has 0 bridgehead atoms. The topological polar surface area (TPSA) is 42.4 Å². The molecule has 1 aliphatic rings. The number of rotatable bonds is 4. The van der Waals surface area contributed by atoms with Crippen LogP contribution in [0.3, 0.4) is 0 Å². The van der Waals surface area contributed by atoms with Crippen LogP contribution in [0.25, 0.3) is 11.5 Å². The highest BCUT2D eigenvalue weighted by atomic mass is 16.5. The maximum absolute atomic E-state index is 5.36. The molecule has 22 heavy (non-hydrogen) atoms. The van der Waals surface area contributed by atoms with Crippen LogP contribution < -0.4 is 0 Å². The third-order valence-corrected chi connectivity index (χ3v) is 4.25. The average Bonchev–Trinajstić information content (AvgIpc) is 3.30. The Bertz CT molecular complexity index is 719. The van der Waals surface area contributed by atoms with E-state index in [1.54, 1.807) is 6.26 Å². The molecule has 1 aliphatic heterocycles. The Labute approximate surface area is 129 Å². The van der Waals surface area contributed by atoms with E-state index in [1.807, 2.05) is 18.2 Å². The molecular formula is C18H18N2O2. The van der Waals surface area contributed by atoms with Gasteiger partial charge in [0.2, 0.25) is 5.76 Å². The Kier molecular flexibility index (Phi) is 3.52. The molecule has 0 saturated carbocycles. The summed E-state index contributed by atoms with van der Waals surface area (Å²) in [7, 11) is 0. The van der Waals surface area contributed by atoms with Gasteiger partial charge in [0.15, 0.2) is 5.76 Å². The fourth-order valence-electron chi connectivity index (χ4n) is 3.12. The third-order valence-electron chi connectivity index (χ3n) is 4.25. The molecule has 1 aromatic carbocycles. The van der Waals surface area contributed by atoms with Crippen molar-refractivity contribution in [2.45, 2.75) is 18.9 Å². The Morgan fingerprint density at radius 1 is 1.09 bits per heavy atom. The zero-order chi connectivity index (χ0) is 14.8. The highest BCUT2D eigenvalue weighted by Crippen LogP contribution is 2.28. The molecule has 0 spiro atoms. The lowest BCUT2D eigenvalue weighted by atomic mass is 9.99. The van der Waals surface area contributed by atoms with Crippen molar-refractivity contribution in [1.82, 2.24) is 10.1 Å². The Balaban J connectivity index is 1.41. The quantitative estimate of drug-likeness (QED) is 0.731. The van der Waals surface area contributed by atoms with Crippen molar-refractivity contribution in [2.75, 3.05) is 13.1 Å². The van der Waals surface area contributed by atoms with Gasteiger partial charge in [-0.15, -0.1) is 0 Å². The molecular weight excluding hydrogens is 276 g/mol. The van der Waals surface area contributed by atoms with Crippen molar-refractivity contribution in [1.29, 1.82) is 0 Å². The number of hydrogen-bond acceptors (Lipinski definition) is 4. The molecule has 4 nitrogen and oxygen atoms in total. The second-order valence-corrected chi connectivity index (χ2v) is 5.79. The van der Waals surface area contributed by atoms with Crippen molar-refractivity contribution in [2.24, 2.45) is 0 Å². The van der Waals surface area contributed by atoms with E-state index in [1.165, 1.54) is 12.0 Å². The van der Waals surface area contributed by atoms with Gasteiger partial charge in [0.1, 0.15) is 0 Å². The first-order chi connectivity index (χ1) is 10.9. The van der Waals surface area contributed by atoms with Crippen LogP contribution in [-0.2, 0) is 6.54 Å². The summed E-state index contributed by atoms with van der Waals surface area (Å²) in [5, 5.41) is 4.16. The number of nitrogens with zero attached hydrogens (tertiary/aromatic N) is 2. The monoisotopic (exact) mass is 294 g/mol.